The number of carbonyl (C=O) groups excluding carboxylic acids is 4. The molecular formula is C39H28N2O5. The molecule has 0 radical (unpaired) electrons. The molecule has 3 aliphatic carbocycles. The van der Waals surface area contributed by atoms with Crippen LogP contribution in [-0.2, 0) is 19.2 Å². The maximum Gasteiger partial charge on any atom is 0.316 e. The topological polar surface area (TPSA) is 84.0 Å². The number of carbonyl (C=O) groups is 4. The van der Waals surface area contributed by atoms with Gasteiger partial charge in [-0.1, -0.05) is 84.9 Å². The lowest BCUT2D eigenvalue weighted by molar-refractivity contribution is -0.139. The van der Waals surface area contributed by atoms with Crippen molar-refractivity contribution in [2.45, 2.75) is 18.3 Å². The Kier molecular flexibility index (Phi) is 5.81. The summed E-state index contributed by atoms with van der Waals surface area (Å²) in [5.74, 6) is -2.62. The summed E-state index contributed by atoms with van der Waals surface area (Å²) in [7, 11) is 0. The third-order valence-corrected chi connectivity index (χ3v) is 10.3. The maximum atomic E-state index is 14.0. The van der Waals surface area contributed by atoms with Gasteiger partial charge in [-0.05, 0) is 58.0 Å². The van der Waals surface area contributed by atoms with E-state index < -0.39 is 23.7 Å². The van der Waals surface area contributed by atoms with Crippen molar-refractivity contribution in [2.24, 2.45) is 17.8 Å². The first kappa shape index (κ1) is 26.8. The Balaban J connectivity index is 0.945. The molecule has 2 aliphatic heterocycles. The van der Waals surface area contributed by atoms with E-state index in [1.165, 1.54) is 4.90 Å². The van der Waals surface area contributed by atoms with Crippen molar-refractivity contribution in [1.29, 1.82) is 0 Å². The van der Waals surface area contributed by atoms with E-state index in [0.717, 1.165) is 38.7 Å². The largest absolute Gasteiger partial charge is 0.426 e. The summed E-state index contributed by atoms with van der Waals surface area (Å²) in [5.41, 5.74) is 5.74. The highest BCUT2D eigenvalue weighted by atomic mass is 16.5. The van der Waals surface area contributed by atoms with Gasteiger partial charge in [-0.25, -0.2) is 4.90 Å². The molecule has 10 rings (SSSR count). The summed E-state index contributed by atoms with van der Waals surface area (Å²) in [4.78, 5) is 57.2. The number of fused-ring (bicyclic) bond motifs is 1. The Morgan fingerprint density at radius 2 is 1.17 bits per heavy atom. The minimum Gasteiger partial charge on any atom is -0.426 e. The van der Waals surface area contributed by atoms with Gasteiger partial charge in [0.25, 0.3) is 0 Å². The number of hydrogen-bond donors (Lipinski definition) is 0. The number of nitrogens with zero attached hydrogens (tertiary/aromatic N) is 2. The Morgan fingerprint density at radius 3 is 1.78 bits per heavy atom. The van der Waals surface area contributed by atoms with E-state index in [-0.39, 0.29) is 42.5 Å². The predicted octanol–water partition coefficient (Wildman–Crippen LogP) is 6.19. The van der Waals surface area contributed by atoms with Crippen LogP contribution in [0.5, 0.6) is 5.75 Å². The molecular weight excluding hydrogens is 576 g/mol. The van der Waals surface area contributed by atoms with Gasteiger partial charge < -0.3 is 9.64 Å². The van der Waals surface area contributed by atoms with Crippen LogP contribution in [-0.4, -0.2) is 30.2 Å². The summed E-state index contributed by atoms with van der Waals surface area (Å²) in [5, 5.41) is 1.98. The fraction of sp³-hybridized carbons (Fsp3) is 0.179. The predicted molar refractivity (Wildman–Crippen MR) is 173 cm³/mol. The zero-order valence-corrected chi connectivity index (χ0v) is 24.7. The number of imide groups is 1. The number of benzene rings is 5. The number of amides is 3. The van der Waals surface area contributed by atoms with Crippen LogP contribution in [0.1, 0.15) is 40.5 Å². The fourth-order valence-corrected chi connectivity index (χ4v) is 8.34. The second-order valence-corrected chi connectivity index (χ2v) is 12.6. The lowest BCUT2D eigenvalue weighted by Gasteiger charge is -2.45. The van der Waals surface area contributed by atoms with Gasteiger partial charge in [-0.2, -0.15) is 0 Å². The molecule has 3 atom stereocenters. The Morgan fingerprint density at radius 1 is 0.630 bits per heavy atom. The molecule has 0 saturated carbocycles. The third-order valence-electron chi connectivity index (χ3n) is 10.3. The highest BCUT2D eigenvalue weighted by Crippen LogP contribution is 2.61. The molecule has 224 valence electrons. The van der Waals surface area contributed by atoms with Crippen molar-refractivity contribution in [3.63, 3.8) is 0 Å². The molecule has 0 spiro atoms. The van der Waals surface area contributed by atoms with Gasteiger partial charge in [0, 0.05) is 30.2 Å². The maximum absolute atomic E-state index is 14.0. The van der Waals surface area contributed by atoms with Crippen molar-refractivity contribution in [2.75, 3.05) is 16.3 Å². The first-order valence-electron chi connectivity index (χ1n) is 15.6. The van der Waals surface area contributed by atoms with E-state index in [2.05, 4.69) is 24.3 Å². The molecule has 2 fully saturated rings. The summed E-state index contributed by atoms with van der Waals surface area (Å²) >= 11 is 0. The van der Waals surface area contributed by atoms with Crippen LogP contribution >= 0.6 is 0 Å². The van der Waals surface area contributed by atoms with Crippen molar-refractivity contribution < 1.29 is 23.9 Å². The van der Waals surface area contributed by atoms with Crippen LogP contribution in [0.25, 0.3) is 10.8 Å². The Labute approximate surface area is 265 Å². The lowest BCUT2D eigenvalue weighted by Crippen LogP contribution is -2.41. The third kappa shape index (κ3) is 3.78. The second kappa shape index (κ2) is 9.97. The monoisotopic (exact) mass is 604 g/mol. The molecule has 0 aromatic heterocycles. The highest BCUT2D eigenvalue weighted by Gasteiger charge is 2.61. The average Bonchev–Trinajstić information content (AvgIpc) is 3.61. The molecule has 0 N–H and O–H groups in total. The number of ether oxygens (including phenoxy) is 1. The molecule has 0 unspecified atom stereocenters. The van der Waals surface area contributed by atoms with Crippen LogP contribution in [0, 0.1) is 17.8 Å². The fourth-order valence-electron chi connectivity index (χ4n) is 8.34. The first-order chi connectivity index (χ1) is 22.5. The highest BCUT2D eigenvalue weighted by molar-refractivity contribution is 6.23. The molecule has 2 bridgehead atoms. The van der Waals surface area contributed by atoms with Crippen LogP contribution in [0.2, 0.25) is 0 Å². The van der Waals surface area contributed by atoms with E-state index >= 15 is 0 Å². The van der Waals surface area contributed by atoms with Crippen molar-refractivity contribution in [1.82, 2.24) is 0 Å². The van der Waals surface area contributed by atoms with Crippen LogP contribution < -0.4 is 14.5 Å². The quantitative estimate of drug-likeness (QED) is 0.139. The summed E-state index contributed by atoms with van der Waals surface area (Å²) in [6.45, 7) is 0.233. The Bertz CT molecular complexity index is 2000. The molecule has 5 aromatic carbocycles. The van der Waals surface area contributed by atoms with Crippen molar-refractivity contribution in [3.05, 3.63) is 138 Å². The summed E-state index contributed by atoms with van der Waals surface area (Å²) in [6.07, 6.45) is 0.0623. The molecule has 5 aliphatic rings. The van der Waals surface area contributed by atoms with Gasteiger partial charge in [0.1, 0.15) is 5.75 Å². The minimum atomic E-state index is -0.616. The standard InChI is InChI=1S/C39H28N2O5/c42-32-20-23(21-40(32)31-15-7-9-22-8-1-2-10-26(22)31)39(45)46-25-18-16-24(17-19-25)41-37(43)35-33-27-11-3-4-12-28(27)34(36(35)38(41)44)30-14-6-5-13-29(30)33/h1-19,23,33-36H,20-21H2/t23-,33?,34?,35-,36-/m1/s1. The number of rotatable bonds is 4. The van der Waals surface area contributed by atoms with E-state index in [0.29, 0.717) is 11.4 Å². The van der Waals surface area contributed by atoms with Gasteiger partial charge in [-0.3, -0.25) is 19.2 Å². The van der Waals surface area contributed by atoms with Gasteiger partial charge in [0.15, 0.2) is 0 Å². The lowest BCUT2D eigenvalue weighted by atomic mass is 9.55. The summed E-state index contributed by atoms with van der Waals surface area (Å²) < 4.78 is 5.71. The smallest absolute Gasteiger partial charge is 0.316 e. The first-order valence-corrected chi connectivity index (χ1v) is 15.6. The van der Waals surface area contributed by atoms with Gasteiger partial charge >= 0.3 is 5.97 Å². The zero-order valence-electron chi connectivity index (χ0n) is 24.7. The molecule has 5 aromatic rings. The number of hydrogen-bond acceptors (Lipinski definition) is 5. The molecule has 3 amide bonds. The van der Waals surface area contributed by atoms with Gasteiger partial charge in [-0.15, -0.1) is 0 Å². The van der Waals surface area contributed by atoms with Crippen molar-refractivity contribution >= 4 is 45.8 Å². The minimum absolute atomic E-state index is 0.0623. The molecule has 2 heterocycles. The molecule has 2 saturated heterocycles. The molecule has 46 heavy (non-hydrogen) atoms. The molecule has 7 heteroatoms. The van der Waals surface area contributed by atoms with Crippen molar-refractivity contribution in [3.8, 4) is 5.75 Å². The van der Waals surface area contributed by atoms with E-state index in [1.807, 2.05) is 66.7 Å². The van der Waals surface area contributed by atoms with E-state index in [1.54, 1.807) is 29.2 Å². The summed E-state index contributed by atoms with van der Waals surface area (Å²) in [6, 6.07) is 36.5. The molecule has 7 nitrogen and oxygen atoms in total. The average molecular weight is 605 g/mol. The van der Waals surface area contributed by atoms with E-state index in [9.17, 15) is 19.2 Å². The van der Waals surface area contributed by atoms with Gasteiger partial charge in [0.2, 0.25) is 17.7 Å². The SMILES string of the molecule is O=C(Oc1ccc(N2C(=O)[C@@H]3C4c5ccccc5C(c5ccccc54)[C@H]3C2=O)cc1)[C@@H]1CC(=O)N(c2cccc3ccccc23)C1. The normalized spacial score (nSPS) is 24.3. The Hall–Kier alpha value is -5.56. The van der Waals surface area contributed by atoms with Crippen LogP contribution in [0.4, 0.5) is 11.4 Å². The second-order valence-electron chi connectivity index (χ2n) is 12.6. The van der Waals surface area contributed by atoms with E-state index in [4.69, 9.17) is 4.74 Å². The zero-order chi connectivity index (χ0) is 31.1. The number of anilines is 2. The van der Waals surface area contributed by atoms with Crippen LogP contribution in [0.3, 0.4) is 0 Å². The number of esters is 1. The van der Waals surface area contributed by atoms with Crippen LogP contribution in [0.15, 0.2) is 115 Å². The van der Waals surface area contributed by atoms with Gasteiger partial charge in [0.05, 0.1) is 29.1 Å².